The molecule has 3 heteroatoms. The minimum Gasteiger partial charge on any atom is -0.480 e. The summed E-state index contributed by atoms with van der Waals surface area (Å²) in [5, 5.41) is 8.60. The Bertz CT molecular complexity index is 332. The molecule has 0 spiro atoms. The van der Waals surface area contributed by atoms with E-state index in [-0.39, 0.29) is 0 Å². The number of aliphatic carboxylic acids is 1. The third-order valence-corrected chi connectivity index (χ3v) is 2.67. The second-order valence-corrected chi connectivity index (χ2v) is 4.18. The molecule has 0 unspecified atom stereocenters. The molecule has 0 fully saturated rings. The zero-order chi connectivity index (χ0) is 12.0. The fourth-order valence-electron chi connectivity index (χ4n) is 1.57. The fourth-order valence-corrected chi connectivity index (χ4v) is 1.57. The first-order valence-corrected chi connectivity index (χ1v) is 5.63. The van der Waals surface area contributed by atoms with Crippen molar-refractivity contribution in [2.75, 3.05) is 0 Å². The molecule has 88 valence electrons. The topological polar surface area (TPSA) is 63.3 Å². The summed E-state index contributed by atoms with van der Waals surface area (Å²) in [4.78, 5) is 10.5. The third-order valence-electron chi connectivity index (χ3n) is 2.67. The van der Waals surface area contributed by atoms with Crippen molar-refractivity contribution in [1.29, 1.82) is 0 Å². The van der Waals surface area contributed by atoms with Gasteiger partial charge in [-0.1, -0.05) is 36.2 Å². The number of carboxylic acid groups (broad SMARTS) is 1. The number of carboxylic acids is 1. The van der Waals surface area contributed by atoms with E-state index in [1.165, 1.54) is 11.1 Å². The smallest absolute Gasteiger partial charge is 0.320 e. The Morgan fingerprint density at radius 3 is 2.50 bits per heavy atom. The molecule has 3 N–H and O–H groups in total. The Kier molecular flexibility index (Phi) is 4.99. The van der Waals surface area contributed by atoms with Crippen molar-refractivity contribution in [2.24, 2.45) is 5.73 Å². The molecule has 0 saturated carbocycles. The summed E-state index contributed by atoms with van der Waals surface area (Å²) in [6, 6.07) is 7.72. The van der Waals surface area contributed by atoms with Gasteiger partial charge in [-0.25, -0.2) is 0 Å². The number of unbranched alkanes of at least 4 members (excludes halogenated alkanes) is 1. The van der Waals surface area contributed by atoms with E-state index in [0.29, 0.717) is 6.42 Å². The maximum Gasteiger partial charge on any atom is 0.320 e. The molecule has 16 heavy (non-hydrogen) atoms. The van der Waals surface area contributed by atoms with Gasteiger partial charge in [0.1, 0.15) is 6.04 Å². The summed E-state index contributed by atoms with van der Waals surface area (Å²) in [5.74, 6) is -0.907. The molecule has 0 heterocycles. The second kappa shape index (κ2) is 6.28. The Morgan fingerprint density at radius 1 is 1.31 bits per heavy atom. The number of rotatable bonds is 6. The summed E-state index contributed by atoms with van der Waals surface area (Å²) >= 11 is 0. The van der Waals surface area contributed by atoms with Crippen LogP contribution in [-0.2, 0) is 11.2 Å². The number of benzene rings is 1. The molecular weight excluding hydrogens is 202 g/mol. The van der Waals surface area contributed by atoms with E-state index in [2.05, 4.69) is 31.2 Å². The van der Waals surface area contributed by atoms with Gasteiger partial charge in [-0.3, -0.25) is 4.79 Å². The molecule has 0 aliphatic heterocycles. The zero-order valence-electron chi connectivity index (χ0n) is 9.65. The number of nitrogens with two attached hydrogens (primary N) is 1. The van der Waals surface area contributed by atoms with E-state index in [0.717, 1.165) is 19.3 Å². The van der Waals surface area contributed by atoms with Crippen molar-refractivity contribution in [1.82, 2.24) is 0 Å². The molecule has 3 nitrogen and oxygen atoms in total. The maximum absolute atomic E-state index is 10.5. The zero-order valence-corrected chi connectivity index (χ0v) is 9.65. The molecule has 1 rings (SSSR count). The Morgan fingerprint density at radius 2 is 1.94 bits per heavy atom. The number of hydrogen-bond donors (Lipinski definition) is 2. The SMILES string of the molecule is Cc1ccc(CCCC[C@@H](N)C(=O)O)cc1. The van der Waals surface area contributed by atoms with Crippen LogP contribution in [0.15, 0.2) is 24.3 Å². The van der Waals surface area contributed by atoms with Gasteiger partial charge in [-0.15, -0.1) is 0 Å². The second-order valence-electron chi connectivity index (χ2n) is 4.18. The molecule has 0 aliphatic carbocycles. The largest absolute Gasteiger partial charge is 0.480 e. The van der Waals surface area contributed by atoms with Gasteiger partial charge in [-0.05, 0) is 31.7 Å². The van der Waals surface area contributed by atoms with Gasteiger partial charge in [0, 0.05) is 0 Å². The summed E-state index contributed by atoms with van der Waals surface area (Å²) in [5.41, 5.74) is 7.98. The van der Waals surface area contributed by atoms with E-state index in [1.54, 1.807) is 0 Å². The monoisotopic (exact) mass is 221 g/mol. The average molecular weight is 221 g/mol. The fraction of sp³-hybridized carbons (Fsp3) is 0.462. The van der Waals surface area contributed by atoms with E-state index in [1.807, 2.05) is 0 Å². The van der Waals surface area contributed by atoms with Crippen LogP contribution in [0.1, 0.15) is 30.4 Å². The van der Waals surface area contributed by atoms with Crippen molar-refractivity contribution in [3.05, 3.63) is 35.4 Å². The van der Waals surface area contributed by atoms with Crippen LogP contribution in [0.25, 0.3) is 0 Å². The minimum atomic E-state index is -0.907. The van der Waals surface area contributed by atoms with Crippen LogP contribution in [0.5, 0.6) is 0 Å². The van der Waals surface area contributed by atoms with E-state index < -0.39 is 12.0 Å². The quantitative estimate of drug-likeness (QED) is 0.723. The van der Waals surface area contributed by atoms with Gasteiger partial charge >= 0.3 is 5.97 Å². The molecule has 0 aromatic heterocycles. The molecule has 0 bridgehead atoms. The van der Waals surface area contributed by atoms with Crippen LogP contribution in [-0.4, -0.2) is 17.1 Å². The Hall–Kier alpha value is -1.35. The lowest BCUT2D eigenvalue weighted by Crippen LogP contribution is -2.29. The highest BCUT2D eigenvalue weighted by Crippen LogP contribution is 2.09. The number of aryl methyl sites for hydroxylation is 2. The van der Waals surface area contributed by atoms with Gasteiger partial charge in [0.25, 0.3) is 0 Å². The number of carbonyl (C=O) groups is 1. The molecule has 1 atom stereocenters. The molecule has 0 aliphatic rings. The number of hydrogen-bond acceptors (Lipinski definition) is 2. The molecule has 1 aromatic carbocycles. The van der Waals surface area contributed by atoms with Crippen molar-refractivity contribution in [3.8, 4) is 0 Å². The first-order valence-electron chi connectivity index (χ1n) is 5.63. The van der Waals surface area contributed by atoms with Crippen molar-refractivity contribution in [3.63, 3.8) is 0 Å². The van der Waals surface area contributed by atoms with Crippen molar-refractivity contribution in [2.45, 2.75) is 38.6 Å². The van der Waals surface area contributed by atoms with E-state index in [9.17, 15) is 4.79 Å². The van der Waals surface area contributed by atoms with Crippen LogP contribution in [0.2, 0.25) is 0 Å². The first kappa shape index (κ1) is 12.7. The Balaban J connectivity index is 2.21. The van der Waals surface area contributed by atoms with Crippen LogP contribution < -0.4 is 5.73 Å². The van der Waals surface area contributed by atoms with E-state index >= 15 is 0 Å². The standard InChI is InChI=1S/C13H19NO2/c1-10-6-8-11(9-7-10)4-2-3-5-12(14)13(15)16/h6-9,12H,2-5,14H2,1H3,(H,15,16)/t12-/m1/s1. The predicted molar refractivity (Wildman–Crippen MR) is 64.3 cm³/mol. The lowest BCUT2D eigenvalue weighted by Gasteiger charge is -2.06. The van der Waals surface area contributed by atoms with E-state index in [4.69, 9.17) is 10.8 Å². The maximum atomic E-state index is 10.5. The van der Waals surface area contributed by atoms with Crippen molar-refractivity contribution >= 4 is 5.97 Å². The van der Waals surface area contributed by atoms with Crippen LogP contribution in [0, 0.1) is 6.92 Å². The normalized spacial score (nSPS) is 12.4. The minimum absolute atomic E-state index is 0.557. The average Bonchev–Trinajstić information content (AvgIpc) is 2.26. The summed E-state index contributed by atoms with van der Waals surface area (Å²) in [6.07, 6.45) is 3.40. The van der Waals surface area contributed by atoms with Gasteiger partial charge in [0.15, 0.2) is 0 Å². The summed E-state index contributed by atoms with van der Waals surface area (Å²) in [6.45, 7) is 2.07. The highest BCUT2D eigenvalue weighted by molar-refractivity contribution is 5.72. The predicted octanol–water partition coefficient (Wildman–Crippen LogP) is 2.12. The lowest BCUT2D eigenvalue weighted by atomic mass is 10.0. The van der Waals surface area contributed by atoms with Gasteiger partial charge in [0.2, 0.25) is 0 Å². The van der Waals surface area contributed by atoms with Gasteiger partial charge in [-0.2, -0.15) is 0 Å². The summed E-state index contributed by atoms with van der Waals surface area (Å²) in [7, 11) is 0. The highest BCUT2D eigenvalue weighted by Gasteiger charge is 2.09. The lowest BCUT2D eigenvalue weighted by molar-refractivity contribution is -0.138. The third kappa shape index (κ3) is 4.45. The molecule has 0 radical (unpaired) electrons. The van der Waals surface area contributed by atoms with Gasteiger partial charge in [0.05, 0.1) is 0 Å². The Labute approximate surface area is 96.3 Å². The first-order chi connectivity index (χ1) is 7.59. The molecule has 0 amide bonds. The highest BCUT2D eigenvalue weighted by atomic mass is 16.4. The molecular formula is C13H19NO2. The van der Waals surface area contributed by atoms with Crippen LogP contribution >= 0.6 is 0 Å². The van der Waals surface area contributed by atoms with Crippen LogP contribution in [0.3, 0.4) is 0 Å². The van der Waals surface area contributed by atoms with Gasteiger partial charge < -0.3 is 10.8 Å². The summed E-state index contributed by atoms with van der Waals surface area (Å²) < 4.78 is 0. The molecule has 0 saturated heterocycles. The molecule has 1 aromatic rings. The van der Waals surface area contributed by atoms with Crippen LogP contribution in [0.4, 0.5) is 0 Å². The van der Waals surface area contributed by atoms with Crippen molar-refractivity contribution < 1.29 is 9.90 Å².